The highest BCUT2D eigenvalue weighted by Crippen LogP contribution is 2.18. The second-order valence-corrected chi connectivity index (χ2v) is 4.64. The van der Waals surface area contributed by atoms with Gasteiger partial charge in [-0.1, -0.05) is 17.3 Å². The first kappa shape index (κ1) is 13.1. The Hall–Kier alpha value is -1.92. The lowest BCUT2D eigenvalue weighted by molar-refractivity contribution is 0.00755. The van der Waals surface area contributed by atoms with Crippen LogP contribution < -0.4 is 10.1 Å². The van der Waals surface area contributed by atoms with Crippen molar-refractivity contribution in [1.82, 2.24) is 15.5 Å². The van der Waals surface area contributed by atoms with E-state index in [9.17, 15) is 0 Å². The van der Waals surface area contributed by atoms with E-state index in [1.54, 1.807) is 7.11 Å². The highest BCUT2D eigenvalue weighted by atomic mass is 16.5. The van der Waals surface area contributed by atoms with E-state index in [2.05, 4.69) is 15.5 Å². The van der Waals surface area contributed by atoms with Crippen LogP contribution in [0.2, 0.25) is 0 Å². The van der Waals surface area contributed by atoms with Gasteiger partial charge < -0.3 is 19.3 Å². The number of methoxy groups -OCH3 is 1. The lowest BCUT2D eigenvalue weighted by atomic mass is 10.1. The van der Waals surface area contributed by atoms with Crippen molar-refractivity contribution in [3.63, 3.8) is 0 Å². The summed E-state index contributed by atoms with van der Waals surface area (Å²) in [6.07, 6.45) is 0.494. The molecular formula is C14H17N3O3. The van der Waals surface area contributed by atoms with Crippen LogP contribution >= 0.6 is 0 Å². The zero-order chi connectivity index (χ0) is 13.8. The van der Waals surface area contributed by atoms with E-state index < -0.39 is 0 Å². The van der Waals surface area contributed by atoms with Gasteiger partial charge in [0.05, 0.1) is 13.7 Å². The second-order valence-electron chi connectivity index (χ2n) is 4.64. The molecule has 0 amide bonds. The van der Waals surface area contributed by atoms with Crippen LogP contribution in [0.4, 0.5) is 0 Å². The van der Waals surface area contributed by atoms with E-state index in [1.807, 2.05) is 24.3 Å². The summed E-state index contributed by atoms with van der Waals surface area (Å²) in [4.78, 5) is 4.40. The van der Waals surface area contributed by atoms with E-state index in [0.717, 1.165) is 17.9 Å². The number of rotatable bonds is 4. The molecule has 1 fully saturated rings. The lowest BCUT2D eigenvalue weighted by Crippen LogP contribution is -2.33. The standard InChI is InChI=1S/C14H17N3O3/c1-18-11-4-2-10(3-5-11)8-13-16-14(20-17-13)12-9-15-6-7-19-12/h2-5,12,15H,6-9H2,1H3. The first-order chi connectivity index (χ1) is 9.85. The van der Waals surface area contributed by atoms with Gasteiger partial charge >= 0.3 is 0 Å². The number of hydrogen-bond donors (Lipinski definition) is 1. The lowest BCUT2D eigenvalue weighted by Gasteiger charge is -2.19. The SMILES string of the molecule is COc1ccc(Cc2noc(C3CNCCO3)n2)cc1. The second kappa shape index (κ2) is 6.02. The molecule has 0 radical (unpaired) electrons. The molecule has 0 spiro atoms. The molecule has 0 saturated carbocycles. The molecule has 1 aromatic carbocycles. The van der Waals surface area contributed by atoms with Gasteiger partial charge in [0.2, 0.25) is 0 Å². The molecule has 3 rings (SSSR count). The van der Waals surface area contributed by atoms with Gasteiger partial charge in [-0.3, -0.25) is 0 Å². The fourth-order valence-electron chi connectivity index (χ4n) is 2.12. The number of nitrogens with one attached hydrogen (secondary N) is 1. The van der Waals surface area contributed by atoms with E-state index in [-0.39, 0.29) is 6.10 Å². The Morgan fingerprint density at radius 2 is 2.20 bits per heavy atom. The largest absolute Gasteiger partial charge is 0.497 e. The summed E-state index contributed by atoms with van der Waals surface area (Å²) in [5.41, 5.74) is 1.11. The van der Waals surface area contributed by atoms with Crippen LogP contribution in [0.5, 0.6) is 5.75 Å². The Balaban J connectivity index is 1.66. The molecule has 1 atom stereocenters. The molecule has 0 bridgehead atoms. The van der Waals surface area contributed by atoms with E-state index >= 15 is 0 Å². The molecular weight excluding hydrogens is 258 g/mol. The van der Waals surface area contributed by atoms with E-state index in [1.165, 1.54) is 0 Å². The summed E-state index contributed by atoms with van der Waals surface area (Å²) in [7, 11) is 1.65. The Kier molecular flexibility index (Phi) is 3.94. The number of aromatic nitrogens is 2. The first-order valence-electron chi connectivity index (χ1n) is 6.63. The third-order valence-electron chi connectivity index (χ3n) is 3.21. The maximum atomic E-state index is 5.58. The maximum absolute atomic E-state index is 5.58. The third-order valence-corrected chi connectivity index (χ3v) is 3.21. The molecule has 6 heteroatoms. The van der Waals surface area contributed by atoms with Crippen LogP contribution in [-0.2, 0) is 11.2 Å². The quantitative estimate of drug-likeness (QED) is 0.907. The molecule has 1 aliphatic rings. The van der Waals surface area contributed by atoms with Crippen molar-refractivity contribution >= 4 is 0 Å². The average molecular weight is 275 g/mol. The predicted octanol–water partition coefficient (Wildman–Crippen LogP) is 1.33. The number of ether oxygens (including phenoxy) is 2. The molecule has 106 valence electrons. The Labute approximate surface area is 117 Å². The number of hydrogen-bond acceptors (Lipinski definition) is 6. The van der Waals surface area contributed by atoms with Gasteiger partial charge in [-0.2, -0.15) is 4.98 Å². The zero-order valence-corrected chi connectivity index (χ0v) is 11.3. The summed E-state index contributed by atoms with van der Waals surface area (Å²) in [6, 6.07) is 7.83. The minimum absolute atomic E-state index is 0.138. The van der Waals surface area contributed by atoms with Gasteiger partial charge in [0.25, 0.3) is 5.89 Å². The summed E-state index contributed by atoms with van der Waals surface area (Å²) in [5.74, 6) is 2.05. The van der Waals surface area contributed by atoms with Crippen molar-refractivity contribution in [3.05, 3.63) is 41.5 Å². The Morgan fingerprint density at radius 1 is 1.35 bits per heavy atom. The fourth-order valence-corrected chi connectivity index (χ4v) is 2.12. The molecule has 1 aromatic heterocycles. The van der Waals surface area contributed by atoms with Crippen molar-refractivity contribution < 1.29 is 14.0 Å². The van der Waals surface area contributed by atoms with Crippen LogP contribution in [0.1, 0.15) is 23.4 Å². The zero-order valence-electron chi connectivity index (χ0n) is 11.3. The normalized spacial score (nSPS) is 18.9. The minimum atomic E-state index is -0.138. The summed E-state index contributed by atoms with van der Waals surface area (Å²) < 4.78 is 16.0. The average Bonchev–Trinajstić information content (AvgIpc) is 2.97. The molecule has 1 unspecified atom stereocenters. The highest BCUT2D eigenvalue weighted by molar-refractivity contribution is 5.28. The van der Waals surface area contributed by atoms with Crippen molar-refractivity contribution in [2.75, 3.05) is 26.8 Å². The first-order valence-corrected chi connectivity index (χ1v) is 6.63. The number of nitrogens with zero attached hydrogens (tertiary/aromatic N) is 2. The van der Waals surface area contributed by atoms with Crippen LogP contribution in [0.15, 0.2) is 28.8 Å². The van der Waals surface area contributed by atoms with Gasteiger partial charge in [-0.05, 0) is 17.7 Å². The minimum Gasteiger partial charge on any atom is -0.497 e. The maximum Gasteiger partial charge on any atom is 0.257 e. The summed E-state index contributed by atoms with van der Waals surface area (Å²) in [6.45, 7) is 2.24. The topological polar surface area (TPSA) is 69.4 Å². The highest BCUT2D eigenvalue weighted by Gasteiger charge is 2.22. The van der Waals surface area contributed by atoms with Gasteiger partial charge in [-0.25, -0.2) is 0 Å². The fraction of sp³-hybridized carbons (Fsp3) is 0.429. The van der Waals surface area contributed by atoms with Gasteiger partial charge in [0, 0.05) is 19.5 Å². The van der Waals surface area contributed by atoms with Gasteiger partial charge in [-0.15, -0.1) is 0 Å². The molecule has 1 N–H and O–H groups in total. The van der Waals surface area contributed by atoms with Crippen molar-refractivity contribution in [1.29, 1.82) is 0 Å². The third kappa shape index (κ3) is 2.97. The molecule has 6 nitrogen and oxygen atoms in total. The van der Waals surface area contributed by atoms with E-state index in [4.69, 9.17) is 14.0 Å². The summed E-state index contributed by atoms with van der Waals surface area (Å²) in [5, 5.41) is 7.24. The number of benzene rings is 1. The van der Waals surface area contributed by atoms with Crippen molar-refractivity contribution in [2.24, 2.45) is 0 Å². The molecule has 1 saturated heterocycles. The van der Waals surface area contributed by atoms with Gasteiger partial charge in [0.15, 0.2) is 5.82 Å². The van der Waals surface area contributed by atoms with E-state index in [0.29, 0.717) is 31.3 Å². The Morgan fingerprint density at radius 3 is 2.90 bits per heavy atom. The van der Waals surface area contributed by atoms with Gasteiger partial charge in [0.1, 0.15) is 11.9 Å². The predicted molar refractivity (Wildman–Crippen MR) is 71.7 cm³/mol. The van der Waals surface area contributed by atoms with Crippen molar-refractivity contribution in [2.45, 2.75) is 12.5 Å². The molecule has 2 heterocycles. The van der Waals surface area contributed by atoms with Crippen LogP contribution in [0, 0.1) is 0 Å². The summed E-state index contributed by atoms with van der Waals surface area (Å²) >= 11 is 0. The molecule has 1 aliphatic heterocycles. The molecule has 2 aromatic rings. The molecule has 20 heavy (non-hydrogen) atoms. The monoisotopic (exact) mass is 275 g/mol. The molecule has 0 aliphatic carbocycles. The van der Waals surface area contributed by atoms with Crippen LogP contribution in [0.25, 0.3) is 0 Å². The van der Waals surface area contributed by atoms with Crippen LogP contribution in [0.3, 0.4) is 0 Å². The van der Waals surface area contributed by atoms with Crippen LogP contribution in [-0.4, -0.2) is 36.9 Å². The smallest absolute Gasteiger partial charge is 0.257 e. The Bertz CT molecular complexity index is 547. The number of morpholine rings is 1. The van der Waals surface area contributed by atoms with Crippen molar-refractivity contribution in [3.8, 4) is 5.75 Å².